The predicted molar refractivity (Wildman–Crippen MR) is 94.2 cm³/mol. The highest BCUT2D eigenvalue weighted by molar-refractivity contribution is 7.91. The van der Waals surface area contributed by atoms with E-state index < -0.39 is 44.1 Å². The van der Waals surface area contributed by atoms with Crippen LogP contribution >= 0.6 is 0 Å². The zero-order chi connectivity index (χ0) is 20.4. The fourth-order valence-electron chi connectivity index (χ4n) is 2.63. The van der Waals surface area contributed by atoms with Gasteiger partial charge in [0, 0.05) is 12.2 Å². The molecule has 10 heteroatoms. The number of hydrogen-bond donors (Lipinski definition) is 1. The number of nitrogens with one attached hydrogen (secondary N) is 1. The third-order valence-corrected chi connectivity index (χ3v) is 5.27. The molecule has 0 aromatic heterocycles. The summed E-state index contributed by atoms with van der Waals surface area (Å²) in [6.45, 7) is 5.57. The van der Waals surface area contributed by atoms with E-state index in [1.54, 1.807) is 20.8 Å². The van der Waals surface area contributed by atoms with Crippen molar-refractivity contribution in [3.8, 4) is 0 Å². The van der Waals surface area contributed by atoms with Crippen LogP contribution in [-0.2, 0) is 19.4 Å². The van der Waals surface area contributed by atoms with Crippen LogP contribution in [0.25, 0.3) is 0 Å². The van der Waals surface area contributed by atoms with Crippen molar-refractivity contribution >= 4 is 27.5 Å². The van der Waals surface area contributed by atoms with Gasteiger partial charge in [0.2, 0.25) is 15.7 Å². The van der Waals surface area contributed by atoms with E-state index in [2.05, 4.69) is 5.32 Å². The number of anilines is 1. The lowest BCUT2D eigenvalue weighted by Gasteiger charge is -2.28. The quantitative estimate of drug-likeness (QED) is 0.833. The SMILES string of the molecule is CC(C)(C)OC(=O)N1CCC[C@@H]1C(=O)Nc1ccc(S(=O)(=O)C(F)F)cc1. The van der Waals surface area contributed by atoms with E-state index in [9.17, 15) is 26.8 Å². The van der Waals surface area contributed by atoms with Gasteiger partial charge in [0.15, 0.2) is 0 Å². The highest BCUT2D eigenvalue weighted by atomic mass is 32.2. The molecular weight excluding hydrogens is 382 g/mol. The van der Waals surface area contributed by atoms with Crippen LogP contribution in [0.1, 0.15) is 33.6 Å². The Balaban J connectivity index is 2.07. The molecule has 1 saturated heterocycles. The number of amides is 2. The molecule has 1 aliphatic heterocycles. The predicted octanol–water partition coefficient (Wildman–Crippen LogP) is 3.02. The smallest absolute Gasteiger partial charge is 0.410 e. The highest BCUT2D eigenvalue weighted by Gasteiger charge is 2.36. The fourth-order valence-corrected chi connectivity index (χ4v) is 3.36. The first-order valence-electron chi connectivity index (χ1n) is 8.34. The molecular formula is C17H22F2N2O5S. The van der Waals surface area contributed by atoms with Gasteiger partial charge in [-0.25, -0.2) is 13.2 Å². The lowest BCUT2D eigenvalue weighted by molar-refractivity contribution is -0.120. The Labute approximate surface area is 156 Å². The Hall–Kier alpha value is -2.23. The topological polar surface area (TPSA) is 92.8 Å². The molecule has 1 N–H and O–H groups in total. The second kappa shape index (κ2) is 7.79. The van der Waals surface area contributed by atoms with Gasteiger partial charge in [-0.3, -0.25) is 9.69 Å². The Morgan fingerprint density at radius 1 is 1.22 bits per heavy atom. The number of likely N-dealkylation sites (tertiary alicyclic amines) is 1. The molecule has 2 amide bonds. The van der Waals surface area contributed by atoms with Crippen molar-refractivity contribution < 1.29 is 31.5 Å². The zero-order valence-electron chi connectivity index (χ0n) is 15.2. The lowest BCUT2D eigenvalue weighted by Crippen LogP contribution is -2.45. The second-order valence-electron chi connectivity index (χ2n) is 7.15. The van der Waals surface area contributed by atoms with Crippen molar-refractivity contribution in [3.05, 3.63) is 24.3 Å². The van der Waals surface area contributed by atoms with Gasteiger partial charge < -0.3 is 10.1 Å². The number of ether oxygens (including phenoxy) is 1. The standard InChI is InChI=1S/C17H22F2N2O5S/c1-17(2,3)26-16(23)21-10-4-5-13(21)14(22)20-11-6-8-12(9-7-11)27(24,25)15(18)19/h6-9,13,15H,4-5,10H2,1-3H3,(H,20,22)/t13-/m1/s1. The largest absolute Gasteiger partial charge is 0.444 e. The van der Waals surface area contributed by atoms with E-state index in [0.717, 1.165) is 12.1 Å². The molecule has 0 radical (unpaired) electrons. The van der Waals surface area contributed by atoms with E-state index in [0.29, 0.717) is 19.4 Å². The van der Waals surface area contributed by atoms with Crippen molar-refractivity contribution in [2.24, 2.45) is 0 Å². The van der Waals surface area contributed by atoms with Crippen molar-refractivity contribution in [2.75, 3.05) is 11.9 Å². The van der Waals surface area contributed by atoms with Crippen LogP contribution in [0.3, 0.4) is 0 Å². The van der Waals surface area contributed by atoms with Crippen LogP contribution < -0.4 is 5.32 Å². The van der Waals surface area contributed by atoms with E-state index >= 15 is 0 Å². The molecule has 1 aromatic rings. The van der Waals surface area contributed by atoms with Crippen molar-refractivity contribution in [3.63, 3.8) is 0 Å². The molecule has 0 saturated carbocycles. The molecule has 0 aliphatic carbocycles. The van der Waals surface area contributed by atoms with Crippen LogP contribution in [-0.4, -0.2) is 49.3 Å². The van der Waals surface area contributed by atoms with Crippen LogP contribution in [0.5, 0.6) is 0 Å². The molecule has 0 unspecified atom stereocenters. The number of halogens is 2. The summed E-state index contributed by atoms with van der Waals surface area (Å²) in [6, 6.07) is 3.72. The molecule has 2 rings (SSSR count). The van der Waals surface area contributed by atoms with Crippen molar-refractivity contribution in [1.82, 2.24) is 4.90 Å². The third-order valence-electron chi connectivity index (χ3n) is 3.87. The molecule has 1 atom stereocenters. The molecule has 27 heavy (non-hydrogen) atoms. The van der Waals surface area contributed by atoms with Crippen LogP contribution in [0.2, 0.25) is 0 Å². The summed E-state index contributed by atoms with van der Waals surface area (Å²) < 4.78 is 53.2. The molecule has 1 aliphatic rings. The number of benzene rings is 1. The number of nitrogens with zero attached hydrogens (tertiary/aromatic N) is 1. The number of rotatable bonds is 4. The average Bonchev–Trinajstić information content (AvgIpc) is 3.03. The minimum atomic E-state index is -4.69. The average molecular weight is 404 g/mol. The number of hydrogen-bond acceptors (Lipinski definition) is 5. The summed E-state index contributed by atoms with van der Waals surface area (Å²) in [6.07, 6.45) is 0.518. The van der Waals surface area contributed by atoms with E-state index in [-0.39, 0.29) is 5.69 Å². The summed E-state index contributed by atoms with van der Waals surface area (Å²) in [5.41, 5.74) is -0.448. The van der Waals surface area contributed by atoms with Crippen LogP contribution in [0.4, 0.5) is 19.3 Å². The van der Waals surface area contributed by atoms with Gasteiger partial charge in [0.25, 0.3) is 0 Å². The van der Waals surface area contributed by atoms with Crippen LogP contribution in [0.15, 0.2) is 29.2 Å². The summed E-state index contributed by atoms with van der Waals surface area (Å²) in [4.78, 5) is 25.5. The maximum absolute atomic E-state index is 12.5. The van der Waals surface area contributed by atoms with Gasteiger partial charge in [0.1, 0.15) is 11.6 Å². The number of alkyl halides is 2. The number of sulfone groups is 1. The molecule has 1 fully saturated rings. The zero-order valence-corrected chi connectivity index (χ0v) is 16.1. The summed E-state index contributed by atoms with van der Waals surface area (Å²) in [7, 11) is -4.69. The molecule has 1 heterocycles. The third kappa shape index (κ3) is 5.15. The minimum absolute atomic E-state index is 0.240. The first-order chi connectivity index (χ1) is 12.4. The number of carbonyl (C=O) groups is 2. The molecule has 0 bridgehead atoms. The normalized spacial score (nSPS) is 17.9. The van der Waals surface area contributed by atoms with Crippen molar-refractivity contribution in [1.29, 1.82) is 0 Å². The van der Waals surface area contributed by atoms with Gasteiger partial charge in [-0.1, -0.05) is 0 Å². The number of carbonyl (C=O) groups excluding carboxylic acids is 2. The van der Waals surface area contributed by atoms with Gasteiger partial charge in [0.05, 0.1) is 4.90 Å². The maximum atomic E-state index is 12.5. The maximum Gasteiger partial charge on any atom is 0.410 e. The second-order valence-corrected chi connectivity index (χ2v) is 9.07. The first-order valence-corrected chi connectivity index (χ1v) is 9.89. The summed E-state index contributed by atoms with van der Waals surface area (Å²) >= 11 is 0. The Morgan fingerprint density at radius 3 is 2.33 bits per heavy atom. The monoisotopic (exact) mass is 404 g/mol. The van der Waals surface area contributed by atoms with Gasteiger partial charge in [-0.15, -0.1) is 0 Å². The Kier molecular flexibility index (Phi) is 6.08. The van der Waals surface area contributed by atoms with Crippen molar-refractivity contribution in [2.45, 2.75) is 55.9 Å². The van der Waals surface area contributed by atoms with Gasteiger partial charge in [-0.05, 0) is 57.9 Å². The Bertz CT molecular complexity index is 804. The molecule has 7 nitrogen and oxygen atoms in total. The van der Waals surface area contributed by atoms with Crippen LogP contribution in [0, 0.1) is 0 Å². The van der Waals surface area contributed by atoms with E-state index in [1.807, 2.05) is 0 Å². The molecule has 150 valence electrons. The molecule has 1 aromatic carbocycles. The van der Waals surface area contributed by atoms with E-state index in [1.165, 1.54) is 17.0 Å². The van der Waals surface area contributed by atoms with Gasteiger partial charge >= 0.3 is 11.9 Å². The van der Waals surface area contributed by atoms with E-state index in [4.69, 9.17) is 4.74 Å². The fraction of sp³-hybridized carbons (Fsp3) is 0.529. The molecule has 0 spiro atoms. The summed E-state index contributed by atoms with van der Waals surface area (Å²) in [5, 5.41) is 2.57. The summed E-state index contributed by atoms with van der Waals surface area (Å²) in [5.74, 6) is -3.97. The van der Waals surface area contributed by atoms with Gasteiger partial charge in [-0.2, -0.15) is 8.78 Å². The highest BCUT2D eigenvalue weighted by Crippen LogP contribution is 2.24. The minimum Gasteiger partial charge on any atom is -0.444 e. The Morgan fingerprint density at radius 2 is 1.81 bits per heavy atom. The lowest BCUT2D eigenvalue weighted by atomic mass is 10.2. The first kappa shape index (κ1) is 21.1.